The minimum Gasteiger partial charge on any atom is -0.393 e. The first-order valence-electron chi connectivity index (χ1n) is 6.37. The van der Waals surface area contributed by atoms with Crippen LogP contribution in [0.3, 0.4) is 0 Å². The predicted molar refractivity (Wildman–Crippen MR) is 61.2 cm³/mol. The predicted octanol–water partition coefficient (Wildman–Crippen LogP) is 3.61. The zero-order chi connectivity index (χ0) is 10.6. The fraction of sp³-hybridized carbons (Fsp3) is 1.00. The van der Waals surface area contributed by atoms with Crippen molar-refractivity contribution in [2.24, 2.45) is 17.8 Å². The lowest BCUT2D eigenvalue weighted by Crippen LogP contribution is -2.31. The van der Waals surface area contributed by atoms with E-state index >= 15 is 0 Å². The van der Waals surface area contributed by atoms with E-state index in [1.807, 2.05) is 0 Å². The molecule has 0 aliphatic heterocycles. The third kappa shape index (κ3) is 2.98. The highest BCUT2D eigenvalue weighted by Gasteiger charge is 2.28. The van der Waals surface area contributed by atoms with Crippen molar-refractivity contribution in [1.29, 1.82) is 0 Å². The quantitative estimate of drug-likeness (QED) is 0.731. The lowest BCUT2D eigenvalue weighted by atomic mass is 9.76. The Kier molecular flexibility index (Phi) is 4.94. The van der Waals surface area contributed by atoms with Crippen molar-refractivity contribution >= 4 is 0 Å². The Balaban J connectivity index is 2.39. The van der Waals surface area contributed by atoms with Gasteiger partial charge in [-0.2, -0.15) is 0 Å². The lowest BCUT2D eigenvalue weighted by Gasteiger charge is -2.33. The molecule has 1 heteroatoms. The topological polar surface area (TPSA) is 20.2 Å². The second-order valence-electron chi connectivity index (χ2n) is 5.09. The molecular formula is C13H26O. The second kappa shape index (κ2) is 5.75. The molecule has 0 amide bonds. The van der Waals surface area contributed by atoms with Crippen molar-refractivity contribution < 1.29 is 5.11 Å². The van der Waals surface area contributed by atoms with Crippen LogP contribution >= 0.6 is 0 Å². The highest BCUT2D eigenvalue weighted by atomic mass is 16.3. The van der Waals surface area contributed by atoms with Crippen molar-refractivity contribution in [3.63, 3.8) is 0 Å². The fourth-order valence-corrected chi connectivity index (χ4v) is 2.78. The maximum absolute atomic E-state index is 10.2. The third-order valence-electron chi connectivity index (χ3n) is 4.08. The summed E-state index contributed by atoms with van der Waals surface area (Å²) in [6, 6.07) is 0. The van der Waals surface area contributed by atoms with E-state index in [4.69, 9.17) is 0 Å². The van der Waals surface area contributed by atoms with Gasteiger partial charge in [-0.3, -0.25) is 0 Å². The van der Waals surface area contributed by atoms with E-state index < -0.39 is 0 Å². The minimum atomic E-state index is -0.0301. The van der Waals surface area contributed by atoms with Crippen LogP contribution in [0.2, 0.25) is 0 Å². The molecule has 1 nitrogen and oxygen atoms in total. The summed E-state index contributed by atoms with van der Waals surface area (Å²) >= 11 is 0. The molecule has 0 aromatic carbocycles. The minimum absolute atomic E-state index is 0.0301. The van der Waals surface area contributed by atoms with Crippen LogP contribution in [0, 0.1) is 17.8 Å². The van der Waals surface area contributed by atoms with Gasteiger partial charge in [0.15, 0.2) is 0 Å². The van der Waals surface area contributed by atoms with Crippen molar-refractivity contribution in [1.82, 2.24) is 0 Å². The van der Waals surface area contributed by atoms with E-state index in [0.29, 0.717) is 11.8 Å². The molecule has 0 heterocycles. The summed E-state index contributed by atoms with van der Waals surface area (Å²) in [5.74, 6) is 2.02. The molecule has 0 aromatic heterocycles. The van der Waals surface area contributed by atoms with E-state index in [0.717, 1.165) is 18.8 Å². The molecule has 0 saturated heterocycles. The van der Waals surface area contributed by atoms with Crippen LogP contribution in [-0.2, 0) is 0 Å². The first kappa shape index (κ1) is 12.0. The Morgan fingerprint density at radius 2 is 1.57 bits per heavy atom. The average Bonchev–Trinajstić information content (AvgIpc) is 2.20. The van der Waals surface area contributed by atoms with Crippen molar-refractivity contribution in [2.45, 2.75) is 65.4 Å². The Morgan fingerprint density at radius 3 is 2.00 bits per heavy atom. The summed E-state index contributed by atoms with van der Waals surface area (Å²) in [7, 11) is 0. The molecule has 1 rings (SSSR count). The standard InChI is InChI=1S/C13H26O/c1-4-11(5-2)13(14)12-8-6-10(3)7-9-12/h10-14H,4-9H2,1-3H3. The van der Waals surface area contributed by atoms with Gasteiger partial charge >= 0.3 is 0 Å². The molecule has 0 radical (unpaired) electrons. The molecule has 1 unspecified atom stereocenters. The van der Waals surface area contributed by atoms with Crippen LogP contribution in [0.15, 0.2) is 0 Å². The highest BCUT2D eigenvalue weighted by molar-refractivity contribution is 4.79. The van der Waals surface area contributed by atoms with Gasteiger partial charge in [0, 0.05) is 0 Å². The SMILES string of the molecule is CCC(CC)C(O)C1CCC(C)CC1. The van der Waals surface area contributed by atoms with Crippen molar-refractivity contribution in [2.75, 3.05) is 0 Å². The molecule has 1 saturated carbocycles. The molecule has 0 aromatic rings. The average molecular weight is 198 g/mol. The van der Waals surface area contributed by atoms with E-state index in [9.17, 15) is 5.11 Å². The Labute approximate surface area is 88.9 Å². The number of rotatable bonds is 4. The largest absolute Gasteiger partial charge is 0.393 e. The molecule has 1 atom stereocenters. The van der Waals surface area contributed by atoms with Crippen LogP contribution in [0.25, 0.3) is 0 Å². The monoisotopic (exact) mass is 198 g/mol. The molecule has 1 aliphatic carbocycles. The Bertz CT molecular complexity index is 143. The van der Waals surface area contributed by atoms with Gasteiger partial charge in [-0.1, -0.05) is 46.5 Å². The molecule has 0 spiro atoms. The molecule has 1 N–H and O–H groups in total. The van der Waals surface area contributed by atoms with Crippen LogP contribution in [0.4, 0.5) is 0 Å². The molecule has 0 bridgehead atoms. The van der Waals surface area contributed by atoms with Crippen LogP contribution in [-0.4, -0.2) is 11.2 Å². The maximum Gasteiger partial charge on any atom is 0.0596 e. The van der Waals surface area contributed by atoms with Gasteiger partial charge in [0.05, 0.1) is 6.10 Å². The number of aliphatic hydroxyl groups is 1. The fourth-order valence-electron chi connectivity index (χ4n) is 2.78. The van der Waals surface area contributed by atoms with E-state index in [2.05, 4.69) is 20.8 Å². The zero-order valence-corrected chi connectivity index (χ0v) is 10.00. The smallest absolute Gasteiger partial charge is 0.0596 e. The number of hydrogen-bond acceptors (Lipinski definition) is 1. The molecular weight excluding hydrogens is 172 g/mol. The summed E-state index contributed by atoms with van der Waals surface area (Å²) in [5, 5.41) is 10.2. The van der Waals surface area contributed by atoms with E-state index in [1.54, 1.807) is 0 Å². The molecule has 14 heavy (non-hydrogen) atoms. The Hall–Kier alpha value is -0.0400. The van der Waals surface area contributed by atoms with Gasteiger partial charge in [0.25, 0.3) is 0 Å². The summed E-state index contributed by atoms with van der Waals surface area (Å²) < 4.78 is 0. The van der Waals surface area contributed by atoms with E-state index in [-0.39, 0.29) is 6.10 Å². The molecule has 84 valence electrons. The lowest BCUT2D eigenvalue weighted by molar-refractivity contribution is 0.0242. The van der Waals surface area contributed by atoms with Crippen LogP contribution < -0.4 is 0 Å². The molecule has 1 fully saturated rings. The summed E-state index contributed by atoms with van der Waals surface area (Å²) in [6.45, 7) is 6.73. The maximum atomic E-state index is 10.2. The number of hydrogen-bond donors (Lipinski definition) is 1. The number of aliphatic hydroxyl groups excluding tert-OH is 1. The first-order valence-corrected chi connectivity index (χ1v) is 6.37. The van der Waals surface area contributed by atoms with Crippen LogP contribution in [0.1, 0.15) is 59.3 Å². The third-order valence-corrected chi connectivity index (χ3v) is 4.08. The van der Waals surface area contributed by atoms with Gasteiger partial charge in [-0.25, -0.2) is 0 Å². The van der Waals surface area contributed by atoms with Gasteiger partial charge in [-0.05, 0) is 30.6 Å². The summed E-state index contributed by atoms with van der Waals surface area (Å²) in [4.78, 5) is 0. The second-order valence-corrected chi connectivity index (χ2v) is 5.09. The summed E-state index contributed by atoms with van der Waals surface area (Å²) in [6.07, 6.45) is 7.37. The van der Waals surface area contributed by atoms with Crippen molar-refractivity contribution in [3.8, 4) is 0 Å². The normalized spacial score (nSPS) is 30.6. The van der Waals surface area contributed by atoms with Crippen LogP contribution in [0.5, 0.6) is 0 Å². The highest BCUT2D eigenvalue weighted by Crippen LogP contribution is 2.34. The Morgan fingerprint density at radius 1 is 1.07 bits per heavy atom. The van der Waals surface area contributed by atoms with Gasteiger partial charge in [0.2, 0.25) is 0 Å². The van der Waals surface area contributed by atoms with Gasteiger partial charge < -0.3 is 5.11 Å². The zero-order valence-electron chi connectivity index (χ0n) is 10.00. The van der Waals surface area contributed by atoms with Gasteiger partial charge in [-0.15, -0.1) is 0 Å². The van der Waals surface area contributed by atoms with E-state index in [1.165, 1.54) is 25.7 Å². The molecule has 1 aliphatic rings. The van der Waals surface area contributed by atoms with Crippen molar-refractivity contribution in [3.05, 3.63) is 0 Å². The summed E-state index contributed by atoms with van der Waals surface area (Å²) in [5.41, 5.74) is 0. The van der Waals surface area contributed by atoms with Gasteiger partial charge in [0.1, 0.15) is 0 Å². The first-order chi connectivity index (χ1) is 6.69.